The van der Waals surface area contributed by atoms with Gasteiger partial charge in [0.15, 0.2) is 5.60 Å². The molecule has 134 valence electrons. The lowest BCUT2D eigenvalue weighted by atomic mass is 9.97. The van der Waals surface area contributed by atoms with Gasteiger partial charge in [-0.15, -0.1) is 0 Å². The zero-order chi connectivity index (χ0) is 16.5. The number of carbonyl (C=O) groups is 1. The van der Waals surface area contributed by atoms with Crippen LogP contribution in [0.4, 0.5) is 0 Å². The molecule has 1 aliphatic carbocycles. The van der Waals surface area contributed by atoms with E-state index in [4.69, 9.17) is 14.2 Å². The summed E-state index contributed by atoms with van der Waals surface area (Å²) < 4.78 is 16.4. The smallest absolute Gasteiger partial charge is 0.341 e. The molecule has 0 N–H and O–H groups in total. The van der Waals surface area contributed by atoms with Crippen LogP contribution in [0.5, 0.6) is 0 Å². The second-order valence-corrected chi connectivity index (χ2v) is 7.45. The van der Waals surface area contributed by atoms with Crippen LogP contribution >= 0.6 is 0 Å². The summed E-state index contributed by atoms with van der Waals surface area (Å²) in [5.74, 6) is 0.688. The number of epoxide rings is 1. The van der Waals surface area contributed by atoms with Crippen LogP contribution < -0.4 is 0 Å². The van der Waals surface area contributed by atoms with Gasteiger partial charge in [0.1, 0.15) is 0 Å². The Bertz CT molecular complexity index is 341. The molecule has 0 aromatic heterocycles. The Kier molecular flexibility index (Phi) is 7.84. The summed E-state index contributed by atoms with van der Waals surface area (Å²) in [5, 5.41) is 0. The molecule has 23 heavy (non-hydrogen) atoms. The molecular weight excluding hydrogens is 292 g/mol. The second-order valence-electron chi connectivity index (χ2n) is 7.45. The largest absolute Gasteiger partial charge is 0.461 e. The maximum absolute atomic E-state index is 11.9. The molecule has 0 aromatic rings. The summed E-state index contributed by atoms with van der Waals surface area (Å²) in [6.45, 7) is 5.94. The van der Waals surface area contributed by atoms with Crippen LogP contribution in [0, 0.1) is 5.92 Å². The minimum absolute atomic E-state index is 0.0732. The van der Waals surface area contributed by atoms with E-state index in [-0.39, 0.29) is 12.1 Å². The van der Waals surface area contributed by atoms with E-state index in [1.165, 1.54) is 44.9 Å². The first-order valence-electron chi connectivity index (χ1n) is 9.55. The molecule has 2 fully saturated rings. The third-order valence-electron chi connectivity index (χ3n) is 4.97. The van der Waals surface area contributed by atoms with E-state index in [1.807, 2.05) is 13.8 Å². The third kappa shape index (κ3) is 6.80. The van der Waals surface area contributed by atoms with E-state index in [1.54, 1.807) is 0 Å². The van der Waals surface area contributed by atoms with Crippen molar-refractivity contribution >= 4 is 5.97 Å². The fourth-order valence-corrected chi connectivity index (χ4v) is 3.39. The highest BCUT2D eigenvalue weighted by Crippen LogP contribution is 2.34. The van der Waals surface area contributed by atoms with Gasteiger partial charge in [-0.3, -0.25) is 0 Å². The quantitative estimate of drug-likeness (QED) is 0.260. The van der Waals surface area contributed by atoms with Crippen LogP contribution in [0.2, 0.25) is 0 Å². The first-order valence-corrected chi connectivity index (χ1v) is 9.55. The van der Waals surface area contributed by atoms with E-state index in [9.17, 15) is 4.79 Å². The molecule has 1 atom stereocenters. The number of esters is 1. The van der Waals surface area contributed by atoms with E-state index < -0.39 is 5.60 Å². The van der Waals surface area contributed by atoms with Crippen molar-refractivity contribution in [1.29, 1.82) is 0 Å². The van der Waals surface area contributed by atoms with E-state index in [2.05, 4.69) is 0 Å². The maximum Gasteiger partial charge on any atom is 0.341 e. The molecule has 1 saturated carbocycles. The monoisotopic (exact) mass is 326 g/mol. The number of unbranched alkanes of at least 4 members (excludes halogenated alkanes) is 1. The summed E-state index contributed by atoms with van der Waals surface area (Å²) in [4.78, 5) is 11.9. The zero-order valence-electron chi connectivity index (χ0n) is 15.0. The molecule has 1 aliphatic heterocycles. The van der Waals surface area contributed by atoms with Gasteiger partial charge in [0.2, 0.25) is 0 Å². The average Bonchev–Trinajstić information content (AvgIpc) is 3.31. The lowest BCUT2D eigenvalue weighted by molar-refractivity contribution is -0.154. The molecule has 0 bridgehead atoms. The number of carbonyl (C=O) groups excluding carboxylic acids is 1. The van der Waals surface area contributed by atoms with E-state index in [0.29, 0.717) is 6.61 Å². The molecule has 2 aliphatic rings. The fourth-order valence-electron chi connectivity index (χ4n) is 3.39. The van der Waals surface area contributed by atoms with Crippen LogP contribution in [-0.4, -0.2) is 37.5 Å². The minimum atomic E-state index is -0.634. The highest BCUT2D eigenvalue weighted by molar-refractivity contribution is 5.82. The number of hydrogen-bond donors (Lipinski definition) is 0. The summed E-state index contributed by atoms with van der Waals surface area (Å²) in [5.41, 5.74) is -0.634. The average molecular weight is 326 g/mol. The van der Waals surface area contributed by atoms with Crippen LogP contribution in [0.3, 0.4) is 0 Å². The van der Waals surface area contributed by atoms with Crippen molar-refractivity contribution in [2.75, 3.05) is 19.8 Å². The number of ether oxygens (including phenoxy) is 3. The first-order chi connectivity index (χ1) is 11.1. The van der Waals surface area contributed by atoms with Gasteiger partial charge in [0.05, 0.1) is 12.7 Å². The van der Waals surface area contributed by atoms with Crippen LogP contribution in [0.15, 0.2) is 0 Å². The summed E-state index contributed by atoms with van der Waals surface area (Å²) >= 11 is 0. The van der Waals surface area contributed by atoms with E-state index in [0.717, 1.165) is 38.4 Å². The zero-order valence-corrected chi connectivity index (χ0v) is 15.0. The van der Waals surface area contributed by atoms with Gasteiger partial charge in [-0.05, 0) is 45.4 Å². The third-order valence-corrected chi connectivity index (χ3v) is 4.97. The van der Waals surface area contributed by atoms with Crippen molar-refractivity contribution in [2.24, 2.45) is 5.92 Å². The molecule has 4 nitrogen and oxygen atoms in total. The van der Waals surface area contributed by atoms with Gasteiger partial charge in [-0.1, -0.05) is 38.5 Å². The fraction of sp³-hybridized carbons (Fsp3) is 0.947. The molecule has 1 unspecified atom stereocenters. The number of rotatable bonds is 10. The minimum Gasteiger partial charge on any atom is -0.461 e. The van der Waals surface area contributed by atoms with Crippen LogP contribution in [-0.2, 0) is 19.0 Å². The molecule has 1 saturated heterocycles. The predicted molar refractivity (Wildman–Crippen MR) is 90.4 cm³/mol. The Morgan fingerprint density at radius 3 is 2.43 bits per heavy atom. The van der Waals surface area contributed by atoms with Crippen LogP contribution in [0.25, 0.3) is 0 Å². The Labute approximate surface area is 141 Å². The van der Waals surface area contributed by atoms with Crippen molar-refractivity contribution in [1.82, 2.24) is 0 Å². The van der Waals surface area contributed by atoms with Gasteiger partial charge in [-0.25, -0.2) is 4.79 Å². The molecule has 0 radical (unpaired) electrons. The van der Waals surface area contributed by atoms with Gasteiger partial charge in [0, 0.05) is 13.2 Å². The SMILES string of the molecule is CC(C)OC(=O)C1(CCCCOCCC2CCCCCC2)CO1. The highest BCUT2D eigenvalue weighted by atomic mass is 16.6. The molecule has 0 amide bonds. The Morgan fingerprint density at radius 2 is 1.83 bits per heavy atom. The molecule has 1 heterocycles. The van der Waals surface area contributed by atoms with Crippen molar-refractivity contribution in [3.8, 4) is 0 Å². The Balaban J connectivity index is 1.47. The van der Waals surface area contributed by atoms with Crippen molar-refractivity contribution in [2.45, 2.75) is 89.8 Å². The van der Waals surface area contributed by atoms with Crippen molar-refractivity contribution < 1.29 is 19.0 Å². The standard InChI is InChI=1S/C19H34O4/c1-16(2)23-18(20)19(15-22-19)12-7-8-13-21-14-11-17-9-5-3-4-6-10-17/h16-17H,3-15H2,1-2H3. The lowest BCUT2D eigenvalue weighted by Crippen LogP contribution is -2.29. The van der Waals surface area contributed by atoms with Crippen molar-refractivity contribution in [3.63, 3.8) is 0 Å². The molecular formula is C19H34O4. The maximum atomic E-state index is 11.9. The van der Waals surface area contributed by atoms with Gasteiger partial charge >= 0.3 is 5.97 Å². The van der Waals surface area contributed by atoms with Crippen molar-refractivity contribution in [3.05, 3.63) is 0 Å². The number of hydrogen-bond acceptors (Lipinski definition) is 4. The van der Waals surface area contributed by atoms with Gasteiger partial charge < -0.3 is 14.2 Å². The lowest BCUT2D eigenvalue weighted by Gasteiger charge is -2.15. The first kappa shape index (κ1) is 18.7. The predicted octanol–water partition coefficient (Wildman–Crippen LogP) is 4.25. The van der Waals surface area contributed by atoms with Crippen LogP contribution in [0.1, 0.15) is 78.1 Å². The normalized spacial score (nSPS) is 25.3. The Hall–Kier alpha value is -0.610. The Morgan fingerprint density at radius 1 is 1.13 bits per heavy atom. The summed E-state index contributed by atoms with van der Waals surface area (Å²) in [6, 6.07) is 0. The second kappa shape index (κ2) is 9.63. The molecule has 0 spiro atoms. The molecule has 0 aromatic carbocycles. The van der Waals surface area contributed by atoms with Gasteiger partial charge in [0.25, 0.3) is 0 Å². The summed E-state index contributed by atoms with van der Waals surface area (Å²) in [7, 11) is 0. The van der Waals surface area contributed by atoms with E-state index >= 15 is 0 Å². The molecule has 2 rings (SSSR count). The molecule has 4 heteroatoms. The topological polar surface area (TPSA) is 48.1 Å². The summed E-state index contributed by atoms with van der Waals surface area (Å²) in [6.07, 6.45) is 12.3. The highest BCUT2D eigenvalue weighted by Gasteiger charge is 2.53. The van der Waals surface area contributed by atoms with Gasteiger partial charge in [-0.2, -0.15) is 0 Å².